The van der Waals surface area contributed by atoms with Crippen LogP contribution in [-0.4, -0.2) is 62.5 Å². The van der Waals surface area contributed by atoms with Gasteiger partial charge in [-0.2, -0.15) is 19.4 Å². The summed E-state index contributed by atoms with van der Waals surface area (Å²) in [5.74, 6) is 0.0756. The molecule has 3 aromatic rings. The van der Waals surface area contributed by atoms with Crippen molar-refractivity contribution in [2.75, 3.05) is 24.7 Å². The number of nitrogens with one attached hydrogen (secondary N) is 1. The molecular weight excluding hydrogens is 448 g/mol. The fourth-order valence-corrected chi connectivity index (χ4v) is 4.39. The molecule has 3 aromatic heterocycles. The van der Waals surface area contributed by atoms with Gasteiger partial charge < -0.3 is 10.2 Å². The molecule has 13 heteroatoms. The van der Waals surface area contributed by atoms with Gasteiger partial charge in [-0.3, -0.25) is 4.68 Å². The molecule has 0 saturated carbocycles. The Morgan fingerprint density at radius 1 is 1.33 bits per heavy atom. The lowest BCUT2D eigenvalue weighted by Gasteiger charge is -2.47. The molecule has 0 aliphatic carbocycles. The average Bonchev–Trinajstić information content (AvgIpc) is 3.31. The van der Waals surface area contributed by atoms with Crippen LogP contribution < -0.4 is 10.2 Å². The van der Waals surface area contributed by atoms with Gasteiger partial charge in [0.2, 0.25) is 10.0 Å². The molecule has 0 unspecified atom stereocenters. The van der Waals surface area contributed by atoms with Gasteiger partial charge in [0.1, 0.15) is 17.7 Å². The van der Waals surface area contributed by atoms with Crippen molar-refractivity contribution in [3.05, 3.63) is 31.0 Å². The summed E-state index contributed by atoms with van der Waals surface area (Å²) in [5.41, 5.74) is -0.373. The predicted octanol–water partition coefficient (Wildman–Crippen LogP) is 1.26. The van der Waals surface area contributed by atoms with Crippen molar-refractivity contribution in [2.24, 2.45) is 5.41 Å². The van der Waals surface area contributed by atoms with Gasteiger partial charge in [0, 0.05) is 25.5 Å². The van der Waals surface area contributed by atoms with Crippen LogP contribution in [0.1, 0.15) is 27.2 Å². The predicted molar refractivity (Wildman–Crippen MR) is 119 cm³/mol. The molecule has 1 aliphatic heterocycles. The molecule has 1 fully saturated rings. The quantitative estimate of drug-likeness (QED) is 0.559. The number of sulfonamides is 1. The molecule has 4 heterocycles. The van der Waals surface area contributed by atoms with Crippen LogP contribution in [0.3, 0.4) is 0 Å². The summed E-state index contributed by atoms with van der Waals surface area (Å²) in [6.07, 6.45) is 7.50. The van der Waals surface area contributed by atoms with Gasteiger partial charge in [-0.05, 0) is 26.8 Å². The fourth-order valence-electron chi connectivity index (χ4n) is 3.44. The van der Waals surface area contributed by atoms with Crippen LogP contribution in [0, 0.1) is 16.7 Å². The monoisotopic (exact) mass is 472 g/mol. The lowest BCUT2D eigenvalue weighted by atomic mass is 9.89. The van der Waals surface area contributed by atoms with E-state index in [1.54, 1.807) is 50.1 Å². The Morgan fingerprint density at radius 2 is 2.06 bits per heavy atom. The van der Waals surface area contributed by atoms with Crippen molar-refractivity contribution in [1.82, 2.24) is 28.8 Å². The maximum absolute atomic E-state index is 12.2. The van der Waals surface area contributed by atoms with E-state index in [2.05, 4.69) is 26.5 Å². The Balaban J connectivity index is 1.57. The number of nitriles is 1. The molecule has 12 nitrogen and oxygen atoms in total. The van der Waals surface area contributed by atoms with Crippen molar-refractivity contribution in [3.63, 3.8) is 0 Å². The highest BCUT2D eigenvalue weighted by molar-refractivity contribution is 7.88. The highest BCUT2D eigenvalue weighted by atomic mass is 32.2. The van der Waals surface area contributed by atoms with Crippen LogP contribution in [0.25, 0.3) is 11.0 Å². The highest BCUT2D eigenvalue weighted by Gasteiger charge is 2.49. The third-order valence-corrected chi connectivity index (χ3v) is 6.59. The molecule has 0 spiro atoms. The smallest absolute Gasteiger partial charge is 0.337 e. The van der Waals surface area contributed by atoms with E-state index in [1.807, 2.05) is 0 Å². The standard InChI is InChI=1S/C20H24N8O4S/c1-19(2,3)18(29)32-27-8-5-15-16(22-13-23-17(15)27)25-14-9-24-28(10-14)20(6-7-21)11-26(12-20)33(4,30)31/h5,8-10,13H,6,11-12H2,1-4H3,(H,22,23,25). The van der Waals surface area contributed by atoms with Crippen LogP contribution in [0.2, 0.25) is 0 Å². The van der Waals surface area contributed by atoms with Crippen molar-refractivity contribution in [2.45, 2.75) is 32.7 Å². The summed E-state index contributed by atoms with van der Waals surface area (Å²) in [7, 11) is -3.33. The van der Waals surface area contributed by atoms with Crippen LogP contribution in [0.15, 0.2) is 31.0 Å². The minimum Gasteiger partial charge on any atom is -0.337 e. The van der Waals surface area contributed by atoms with E-state index in [9.17, 15) is 18.5 Å². The molecule has 4 rings (SSSR count). The van der Waals surface area contributed by atoms with Gasteiger partial charge in [0.25, 0.3) is 0 Å². The minimum atomic E-state index is -3.33. The number of anilines is 2. The first-order chi connectivity index (χ1) is 15.4. The van der Waals surface area contributed by atoms with Gasteiger partial charge in [-0.15, -0.1) is 0 Å². The van der Waals surface area contributed by atoms with Crippen LogP contribution in [0.5, 0.6) is 0 Å². The second-order valence-corrected chi connectivity index (χ2v) is 11.1. The summed E-state index contributed by atoms with van der Waals surface area (Å²) in [4.78, 5) is 26.2. The van der Waals surface area contributed by atoms with E-state index in [0.29, 0.717) is 22.5 Å². The summed E-state index contributed by atoms with van der Waals surface area (Å²) in [6.45, 7) is 5.64. The van der Waals surface area contributed by atoms with E-state index < -0.39 is 26.9 Å². The molecule has 174 valence electrons. The number of hydrogen-bond acceptors (Lipinski definition) is 9. The maximum atomic E-state index is 12.2. The van der Waals surface area contributed by atoms with Gasteiger partial charge in [0.05, 0.1) is 41.4 Å². The van der Waals surface area contributed by atoms with Crippen molar-refractivity contribution < 1.29 is 18.0 Å². The molecule has 0 aromatic carbocycles. The van der Waals surface area contributed by atoms with Crippen molar-refractivity contribution in [3.8, 4) is 6.07 Å². The number of nitrogens with zero attached hydrogens (tertiary/aromatic N) is 7. The lowest BCUT2D eigenvalue weighted by molar-refractivity contribution is -0.152. The molecule has 1 aliphatic rings. The highest BCUT2D eigenvalue weighted by Crippen LogP contribution is 2.35. The van der Waals surface area contributed by atoms with Gasteiger partial charge in [0.15, 0.2) is 5.65 Å². The zero-order valence-electron chi connectivity index (χ0n) is 18.7. The Hall–Kier alpha value is -3.50. The van der Waals surface area contributed by atoms with E-state index in [4.69, 9.17) is 4.84 Å². The van der Waals surface area contributed by atoms with Crippen molar-refractivity contribution >= 4 is 38.5 Å². The fraction of sp³-hybridized carbons (Fsp3) is 0.450. The number of carbonyl (C=O) groups excluding carboxylic acids is 1. The molecule has 0 atom stereocenters. The molecule has 0 radical (unpaired) electrons. The lowest BCUT2D eigenvalue weighted by Crippen LogP contribution is -2.63. The van der Waals surface area contributed by atoms with E-state index >= 15 is 0 Å². The molecule has 1 saturated heterocycles. The van der Waals surface area contributed by atoms with Gasteiger partial charge in [-0.25, -0.2) is 23.2 Å². The first kappa shape index (κ1) is 22.7. The van der Waals surface area contributed by atoms with E-state index in [1.165, 1.54) is 15.4 Å². The van der Waals surface area contributed by atoms with E-state index in [-0.39, 0.29) is 19.5 Å². The van der Waals surface area contributed by atoms with Gasteiger partial charge >= 0.3 is 5.97 Å². The SMILES string of the molecule is CC(C)(C)C(=O)On1ccc2c(Nc3cnn(C4(CC#N)CN(S(C)(=O)=O)C4)c3)ncnc21. The maximum Gasteiger partial charge on any atom is 0.338 e. The number of aromatic nitrogens is 5. The zero-order valence-corrected chi connectivity index (χ0v) is 19.5. The molecule has 0 amide bonds. The third-order valence-electron chi connectivity index (χ3n) is 5.39. The van der Waals surface area contributed by atoms with Gasteiger partial charge in [-0.1, -0.05) is 0 Å². The van der Waals surface area contributed by atoms with Crippen LogP contribution in [0.4, 0.5) is 11.5 Å². The number of carbonyl (C=O) groups is 1. The molecule has 0 bridgehead atoms. The topological polar surface area (TPSA) is 148 Å². The van der Waals surface area contributed by atoms with E-state index in [0.717, 1.165) is 6.26 Å². The second kappa shape index (κ2) is 7.82. The molecule has 33 heavy (non-hydrogen) atoms. The molecule has 1 N–H and O–H groups in total. The second-order valence-electron chi connectivity index (χ2n) is 9.12. The summed E-state index contributed by atoms with van der Waals surface area (Å²) in [6, 6.07) is 3.85. The Morgan fingerprint density at radius 3 is 2.70 bits per heavy atom. The minimum absolute atomic E-state index is 0.125. The Kier molecular flexibility index (Phi) is 5.38. The number of fused-ring (bicyclic) bond motifs is 1. The number of hydrogen-bond donors (Lipinski definition) is 1. The first-order valence-electron chi connectivity index (χ1n) is 10.1. The number of rotatable bonds is 6. The zero-order chi connectivity index (χ0) is 24.0. The van der Waals surface area contributed by atoms with Crippen molar-refractivity contribution in [1.29, 1.82) is 5.26 Å². The summed E-state index contributed by atoms with van der Waals surface area (Å²) in [5, 5.41) is 17.4. The average molecular weight is 473 g/mol. The summed E-state index contributed by atoms with van der Waals surface area (Å²) >= 11 is 0. The van der Waals surface area contributed by atoms with Crippen LogP contribution >= 0.6 is 0 Å². The Labute approximate surface area is 190 Å². The summed E-state index contributed by atoms with van der Waals surface area (Å²) < 4.78 is 27.8. The molecular formula is C20H24N8O4S. The third kappa shape index (κ3) is 4.27. The Bertz CT molecular complexity index is 1360. The largest absolute Gasteiger partial charge is 0.338 e. The first-order valence-corrected chi connectivity index (χ1v) is 12.0. The normalized spacial score (nSPS) is 16.2. The van der Waals surface area contributed by atoms with Crippen LogP contribution in [-0.2, 0) is 20.4 Å².